The summed E-state index contributed by atoms with van der Waals surface area (Å²) in [5.74, 6) is 3.37. The summed E-state index contributed by atoms with van der Waals surface area (Å²) in [5, 5.41) is 9.75. The van der Waals surface area contributed by atoms with E-state index in [1.807, 2.05) is 17.6 Å². The van der Waals surface area contributed by atoms with E-state index in [1.165, 1.54) is 18.9 Å². The van der Waals surface area contributed by atoms with Crippen LogP contribution in [0, 0.1) is 6.92 Å². The molecule has 0 aliphatic rings. The number of furan rings is 1. The lowest BCUT2D eigenvalue weighted by atomic mass is 10.2. The molecule has 0 aliphatic carbocycles. The molecule has 0 saturated carbocycles. The molecule has 9 nitrogen and oxygen atoms in total. The van der Waals surface area contributed by atoms with Gasteiger partial charge in [-0.3, -0.25) is 9.36 Å². The van der Waals surface area contributed by atoms with Crippen molar-refractivity contribution >= 4 is 22.7 Å². The second kappa shape index (κ2) is 8.68. The monoisotopic (exact) mass is 439 g/mol. The minimum atomic E-state index is -0.246. The van der Waals surface area contributed by atoms with Gasteiger partial charge in [0, 0.05) is 12.6 Å². The molecule has 4 aromatic rings. The maximum absolute atomic E-state index is 12.6. The maximum Gasteiger partial charge on any atom is 0.258 e. The number of nitrogens with zero attached hydrogens (tertiary/aromatic N) is 4. The third-order valence-electron chi connectivity index (χ3n) is 4.73. The Morgan fingerprint density at radius 3 is 2.71 bits per heavy atom. The van der Waals surface area contributed by atoms with Gasteiger partial charge in [-0.25, -0.2) is 4.98 Å². The van der Waals surface area contributed by atoms with Gasteiger partial charge in [-0.05, 0) is 19.1 Å². The van der Waals surface area contributed by atoms with Gasteiger partial charge in [0.15, 0.2) is 22.5 Å². The van der Waals surface area contributed by atoms with E-state index in [2.05, 4.69) is 26.7 Å². The fraction of sp³-hybridized carbons (Fsp3) is 0.238. The van der Waals surface area contributed by atoms with Gasteiger partial charge in [-0.15, -0.1) is 16.8 Å². The zero-order chi connectivity index (χ0) is 22.0. The summed E-state index contributed by atoms with van der Waals surface area (Å²) in [7, 11) is 3.06. The third kappa shape index (κ3) is 3.93. The number of benzene rings is 1. The molecule has 0 radical (unpaired) electrons. The molecule has 31 heavy (non-hydrogen) atoms. The SMILES string of the molecule is C=CCn1c(SCc2nc3cc(OC)c(OC)cc3c(=O)[nH]2)nnc1-c1ccoc1C. The second-order valence-corrected chi connectivity index (χ2v) is 7.56. The predicted molar refractivity (Wildman–Crippen MR) is 118 cm³/mol. The van der Waals surface area contributed by atoms with Gasteiger partial charge >= 0.3 is 0 Å². The van der Waals surface area contributed by atoms with Crippen LogP contribution in [0.15, 0.2) is 51.5 Å². The summed E-state index contributed by atoms with van der Waals surface area (Å²) >= 11 is 1.42. The highest BCUT2D eigenvalue weighted by Gasteiger charge is 2.17. The van der Waals surface area contributed by atoms with Crippen LogP contribution in [-0.4, -0.2) is 39.0 Å². The fourth-order valence-electron chi connectivity index (χ4n) is 3.22. The van der Waals surface area contributed by atoms with Crippen LogP contribution in [0.25, 0.3) is 22.3 Å². The van der Waals surface area contributed by atoms with E-state index in [0.717, 1.165) is 11.3 Å². The van der Waals surface area contributed by atoms with Crippen LogP contribution >= 0.6 is 11.8 Å². The number of H-pyrrole nitrogens is 1. The second-order valence-electron chi connectivity index (χ2n) is 6.62. The number of hydrogen-bond acceptors (Lipinski definition) is 8. The van der Waals surface area contributed by atoms with Crippen LogP contribution in [0.5, 0.6) is 11.5 Å². The zero-order valence-electron chi connectivity index (χ0n) is 17.3. The molecule has 160 valence electrons. The average molecular weight is 439 g/mol. The largest absolute Gasteiger partial charge is 0.493 e. The van der Waals surface area contributed by atoms with Gasteiger partial charge in [0.2, 0.25) is 0 Å². The Morgan fingerprint density at radius 1 is 1.26 bits per heavy atom. The number of allylic oxidation sites excluding steroid dienone is 1. The number of hydrogen-bond donors (Lipinski definition) is 1. The molecular formula is C21H21N5O4S. The van der Waals surface area contributed by atoms with Crippen LogP contribution in [0.1, 0.15) is 11.6 Å². The Bertz CT molecular complexity index is 1310. The average Bonchev–Trinajstić information content (AvgIpc) is 3.37. The normalized spacial score (nSPS) is 11.1. The predicted octanol–water partition coefficient (Wildman–Crippen LogP) is 3.58. The van der Waals surface area contributed by atoms with Crippen molar-refractivity contribution in [2.24, 2.45) is 0 Å². The van der Waals surface area contributed by atoms with Crippen molar-refractivity contribution in [3.8, 4) is 22.9 Å². The number of thioether (sulfide) groups is 1. The first kappa shape index (κ1) is 20.7. The van der Waals surface area contributed by atoms with Crippen molar-refractivity contribution in [2.45, 2.75) is 24.4 Å². The number of ether oxygens (including phenoxy) is 2. The van der Waals surface area contributed by atoms with E-state index in [4.69, 9.17) is 13.9 Å². The number of aromatic nitrogens is 5. The number of aromatic amines is 1. The van der Waals surface area contributed by atoms with Crippen molar-refractivity contribution in [1.29, 1.82) is 0 Å². The highest BCUT2D eigenvalue weighted by atomic mass is 32.2. The smallest absolute Gasteiger partial charge is 0.258 e. The summed E-state index contributed by atoms with van der Waals surface area (Å²) in [6, 6.07) is 5.17. The molecule has 3 aromatic heterocycles. The molecule has 10 heteroatoms. The van der Waals surface area contributed by atoms with Crippen LogP contribution < -0.4 is 15.0 Å². The fourth-order valence-corrected chi connectivity index (χ4v) is 4.04. The summed E-state index contributed by atoms with van der Waals surface area (Å²) in [6.45, 7) is 6.24. The molecule has 0 fully saturated rings. The lowest BCUT2D eigenvalue weighted by Gasteiger charge is -2.10. The zero-order valence-corrected chi connectivity index (χ0v) is 18.2. The molecule has 0 spiro atoms. The molecule has 3 heterocycles. The van der Waals surface area contributed by atoms with Gasteiger partial charge in [0.05, 0.1) is 42.7 Å². The molecule has 0 amide bonds. The molecule has 0 unspecified atom stereocenters. The van der Waals surface area contributed by atoms with E-state index in [-0.39, 0.29) is 5.56 Å². The minimum Gasteiger partial charge on any atom is -0.493 e. The first-order valence-electron chi connectivity index (χ1n) is 9.42. The lowest BCUT2D eigenvalue weighted by molar-refractivity contribution is 0.355. The summed E-state index contributed by atoms with van der Waals surface area (Å²) in [6.07, 6.45) is 3.40. The highest BCUT2D eigenvalue weighted by molar-refractivity contribution is 7.98. The number of methoxy groups -OCH3 is 2. The van der Waals surface area contributed by atoms with Gasteiger partial charge < -0.3 is 18.9 Å². The van der Waals surface area contributed by atoms with Crippen molar-refractivity contribution in [3.05, 3.63) is 59.1 Å². The topological polar surface area (TPSA) is 108 Å². The van der Waals surface area contributed by atoms with Crippen molar-refractivity contribution in [2.75, 3.05) is 14.2 Å². The standard InChI is InChI=1S/C21H21N5O4S/c1-5-7-26-19(13-6-8-30-12(13)2)24-25-21(26)31-11-18-22-15-10-17(29-4)16(28-3)9-14(15)20(27)23-18/h5-6,8-10H,1,7,11H2,2-4H3,(H,22,23,27). The Morgan fingerprint density at radius 2 is 2.03 bits per heavy atom. The number of aryl methyl sites for hydroxylation is 1. The molecule has 4 rings (SSSR count). The molecule has 1 N–H and O–H groups in total. The van der Waals surface area contributed by atoms with E-state index in [1.54, 1.807) is 31.6 Å². The number of fused-ring (bicyclic) bond motifs is 1. The first-order chi connectivity index (χ1) is 15.0. The number of rotatable bonds is 8. The summed E-state index contributed by atoms with van der Waals surface area (Å²) in [5.41, 5.74) is 1.16. The van der Waals surface area contributed by atoms with Gasteiger partial charge in [0.25, 0.3) is 5.56 Å². The molecule has 0 aliphatic heterocycles. The van der Waals surface area contributed by atoms with Crippen molar-refractivity contribution < 1.29 is 13.9 Å². The minimum absolute atomic E-state index is 0.246. The van der Waals surface area contributed by atoms with Gasteiger partial charge in [-0.1, -0.05) is 17.8 Å². The quantitative estimate of drug-likeness (QED) is 0.328. The molecule has 0 bridgehead atoms. The van der Waals surface area contributed by atoms with Crippen LogP contribution in [0.3, 0.4) is 0 Å². The Kier molecular flexibility index (Phi) is 5.81. The molecule has 0 atom stereocenters. The van der Waals surface area contributed by atoms with Gasteiger partial charge in [0.1, 0.15) is 11.6 Å². The van der Waals surface area contributed by atoms with Crippen molar-refractivity contribution in [1.82, 2.24) is 24.7 Å². The van der Waals surface area contributed by atoms with Crippen LogP contribution in [0.4, 0.5) is 0 Å². The summed E-state index contributed by atoms with van der Waals surface area (Å²) < 4.78 is 17.9. The number of nitrogens with one attached hydrogen (secondary N) is 1. The van der Waals surface area contributed by atoms with Crippen molar-refractivity contribution in [3.63, 3.8) is 0 Å². The highest BCUT2D eigenvalue weighted by Crippen LogP contribution is 2.31. The van der Waals surface area contributed by atoms with E-state index < -0.39 is 0 Å². The molecule has 0 saturated heterocycles. The third-order valence-corrected chi connectivity index (χ3v) is 5.70. The Hall–Kier alpha value is -3.53. The lowest BCUT2D eigenvalue weighted by Crippen LogP contribution is -2.12. The first-order valence-corrected chi connectivity index (χ1v) is 10.4. The summed E-state index contributed by atoms with van der Waals surface area (Å²) in [4.78, 5) is 20.0. The Balaban J connectivity index is 1.65. The van der Waals surface area contributed by atoms with E-state index in [0.29, 0.717) is 51.5 Å². The molecular weight excluding hydrogens is 418 g/mol. The Labute approximate surface area is 182 Å². The van der Waals surface area contributed by atoms with E-state index >= 15 is 0 Å². The van der Waals surface area contributed by atoms with Crippen LogP contribution in [0.2, 0.25) is 0 Å². The maximum atomic E-state index is 12.6. The van der Waals surface area contributed by atoms with E-state index in [9.17, 15) is 4.79 Å². The van der Waals surface area contributed by atoms with Gasteiger partial charge in [-0.2, -0.15) is 0 Å². The van der Waals surface area contributed by atoms with Crippen LogP contribution in [-0.2, 0) is 12.3 Å². The molecule has 1 aromatic carbocycles.